The molecule has 2 aliphatic rings. The average Bonchev–Trinajstić information content (AvgIpc) is 2.94. The third-order valence-corrected chi connectivity index (χ3v) is 4.75. The molecule has 1 aromatic heterocycles. The van der Waals surface area contributed by atoms with E-state index >= 15 is 0 Å². The predicted molar refractivity (Wildman–Crippen MR) is 84.0 cm³/mol. The van der Waals surface area contributed by atoms with Crippen LogP contribution < -0.4 is 4.90 Å². The summed E-state index contributed by atoms with van der Waals surface area (Å²) in [6.07, 6.45) is 1.60. The standard InChI is InChI=1S/C13H17N5O2S/c1-10-9-15-13(21-10)17-7-5-16(6-8-17)12-11(18(19)20)3-2-4-14-12/h2-4,10H,5-9H2,1H3/t10-/m0/s1. The van der Waals surface area contributed by atoms with Crippen LogP contribution in [0.15, 0.2) is 23.3 Å². The Labute approximate surface area is 127 Å². The summed E-state index contributed by atoms with van der Waals surface area (Å²) in [5.74, 6) is 0.469. The molecule has 0 bridgehead atoms. The van der Waals surface area contributed by atoms with Crippen molar-refractivity contribution >= 4 is 28.4 Å². The lowest BCUT2D eigenvalue weighted by Gasteiger charge is -2.35. The molecule has 112 valence electrons. The SMILES string of the molecule is C[C@H]1CN=C(N2CCN(c3ncccc3[N+](=O)[O-])CC2)S1. The normalized spacial score (nSPS) is 22.3. The van der Waals surface area contributed by atoms with E-state index in [4.69, 9.17) is 0 Å². The predicted octanol–water partition coefficient (Wildman–Crippen LogP) is 1.60. The van der Waals surface area contributed by atoms with Crippen molar-refractivity contribution in [3.8, 4) is 0 Å². The fourth-order valence-electron chi connectivity index (χ4n) is 2.52. The highest BCUT2D eigenvalue weighted by molar-refractivity contribution is 8.14. The van der Waals surface area contributed by atoms with Crippen LogP contribution >= 0.6 is 11.8 Å². The Balaban J connectivity index is 1.68. The van der Waals surface area contributed by atoms with Gasteiger partial charge in [-0.3, -0.25) is 15.1 Å². The van der Waals surface area contributed by atoms with Crippen molar-refractivity contribution in [1.82, 2.24) is 9.88 Å². The molecule has 0 saturated carbocycles. The maximum Gasteiger partial charge on any atom is 0.311 e. The van der Waals surface area contributed by atoms with E-state index in [9.17, 15) is 10.1 Å². The van der Waals surface area contributed by atoms with E-state index < -0.39 is 0 Å². The fraction of sp³-hybridized carbons (Fsp3) is 0.538. The lowest BCUT2D eigenvalue weighted by molar-refractivity contribution is -0.384. The Bertz CT molecular complexity index is 571. The molecule has 21 heavy (non-hydrogen) atoms. The monoisotopic (exact) mass is 307 g/mol. The highest BCUT2D eigenvalue weighted by Crippen LogP contribution is 2.28. The molecule has 3 heterocycles. The molecule has 8 heteroatoms. The van der Waals surface area contributed by atoms with Gasteiger partial charge in [-0.05, 0) is 6.07 Å². The lowest BCUT2D eigenvalue weighted by Crippen LogP contribution is -2.48. The van der Waals surface area contributed by atoms with E-state index in [1.165, 1.54) is 6.07 Å². The van der Waals surface area contributed by atoms with Gasteiger partial charge in [-0.15, -0.1) is 0 Å². The maximum absolute atomic E-state index is 11.1. The number of hydrogen-bond donors (Lipinski definition) is 0. The molecule has 0 amide bonds. The van der Waals surface area contributed by atoms with E-state index in [0.29, 0.717) is 11.1 Å². The van der Waals surface area contributed by atoms with Crippen LogP contribution in [0.3, 0.4) is 0 Å². The first-order valence-corrected chi connectivity index (χ1v) is 7.83. The molecule has 0 spiro atoms. The smallest absolute Gasteiger partial charge is 0.311 e. The minimum atomic E-state index is -0.368. The number of amidine groups is 1. The van der Waals surface area contributed by atoms with Crippen LogP contribution in [0.25, 0.3) is 0 Å². The number of anilines is 1. The second-order valence-corrected chi connectivity index (χ2v) is 6.53. The average molecular weight is 307 g/mol. The number of rotatable bonds is 2. The van der Waals surface area contributed by atoms with Crippen LogP contribution in [0, 0.1) is 10.1 Å². The number of aromatic nitrogens is 1. The maximum atomic E-state index is 11.1. The van der Waals surface area contributed by atoms with E-state index in [0.717, 1.165) is 37.9 Å². The molecule has 2 aliphatic heterocycles. The van der Waals surface area contributed by atoms with Gasteiger partial charge in [0.25, 0.3) is 0 Å². The Kier molecular flexibility index (Phi) is 3.96. The van der Waals surface area contributed by atoms with Gasteiger partial charge >= 0.3 is 5.69 Å². The topological polar surface area (TPSA) is 74.9 Å². The number of nitro groups is 1. The van der Waals surface area contributed by atoms with E-state index in [1.807, 2.05) is 16.7 Å². The number of hydrogen-bond acceptors (Lipinski definition) is 7. The summed E-state index contributed by atoms with van der Waals surface area (Å²) in [4.78, 5) is 23.7. The fourth-order valence-corrected chi connectivity index (χ4v) is 3.51. The molecule has 1 atom stereocenters. The molecule has 0 N–H and O–H groups in total. The van der Waals surface area contributed by atoms with Crippen molar-refractivity contribution in [2.75, 3.05) is 37.6 Å². The van der Waals surface area contributed by atoms with Crippen molar-refractivity contribution < 1.29 is 4.92 Å². The highest BCUT2D eigenvalue weighted by Gasteiger charge is 2.28. The lowest BCUT2D eigenvalue weighted by atomic mass is 10.3. The molecular weight excluding hydrogens is 290 g/mol. The largest absolute Gasteiger partial charge is 0.348 e. The first-order chi connectivity index (χ1) is 10.1. The van der Waals surface area contributed by atoms with Crippen molar-refractivity contribution in [2.24, 2.45) is 4.99 Å². The summed E-state index contributed by atoms with van der Waals surface area (Å²) in [6, 6.07) is 3.11. The summed E-state index contributed by atoms with van der Waals surface area (Å²) in [6.45, 7) is 6.16. The van der Waals surface area contributed by atoms with Gasteiger partial charge in [-0.2, -0.15) is 0 Å². The minimum absolute atomic E-state index is 0.0761. The van der Waals surface area contributed by atoms with Crippen molar-refractivity contribution in [1.29, 1.82) is 0 Å². The number of nitrogens with zero attached hydrogens (tertiary/aromatic N) is 5. The molecule has 0 unspecified atom stereocenters. The second-order valence-electron chi connectivity index (χ2n) is 5.13. The molecule has 3 rings (SSSR count). The minimum Gasteiger partial charge on any atom is -0.348 e. The van der Waals surface area contributed by atoms with Crippen LogP contribution in [0.2, 0.25) is 0 Å². The first-order valence-electron chi connectivity index (χ1n) is 6.95. The van der Waals surface area contributed by atoms with E-state index in [1.54, 1.807) is 12.3 Å². The van der Waals surface area contributed by atoms with Crippen LogP contribution in [0.1, 0.15) is 6.92 Å². The van der Waals surface area contributed by atoms with Gasteiger partial charge in [0.05, 0.1) is 11.5 Å². The third kappa shape index (κ3) is 2.94. The molecule has 0 aliphatic carbocycles. The highest BCUT2D eigenvalue weighted by atomic mass is 32.2. The van der Waals surface area contributed by atoms with Crippen LogP contribution in [-0.4, -0.2) is 57.9 Å². The number of thioether (sulfide) groups is 1. The molecule has 7 nitrogen and oxygen atoms in total. The van der Waals surface area contributed by atoms with Gasteiger partial charge in [0.15, 0.2) is 5.17 Å². The summed E-state index contributed by atoms with van der Waals surface area (Å²) >= 11 is 1.81. The summed E-state index contributed by atoms with van der Waals surface area (Å²) in [5.41, 5.74) is 0.0761. The third-order valence-electron chi connectivity index (χ3n) is 3.60. The van der Waals surface area contributed by atoms with Crippen LogP contribution in [0.5, 0.6) is 0 Å². The number of pyridine rings is 1. The van der Waals surface area contributed by atoms with Gasteiger partial charge in [0, 0.05) is 43.7 Å². The summed E-state index contributed by atoms with van der Waals surface area (Å²) < 4.78 is 0. The zero-order valence-corrected chi connectivity index (χ0v) is 12.6. The number of aliphatic imine (C=N–C) groups is 1. The first kappa shape index (κ1) is 14.1. The number of piperazine rings is 1. The Morgan fingerprint density at radius 2 is 2.05 bits per heavy atom. The molecule has 0 aromatic carbocycles. The molecular formula is C13H17N5O2S. The van der Waals surface area contributed by atoms with Crippen molar-refractivity contribution in [2.45, 2.75) is 12.2 Å². The molecule has 1 aromatic rings. The Morgan fingerprint density at radius 3 is 2.67 bits per heavy atom. The van der Waals surface area contributed by atoms with Crippen LogP contribution in [-0.2, 0) is 0 Å². The quantitative estimate of drug-likeness (QED) is 0.610. The van der Waals surface area contributed by atoms with Crippen molar-refractivity contribution in [3.05, 3.63) is 28.4 Å². The van der Waals surface area contributed by atoms with E-state index in [2.05, 4.69) is 21.8 Å². The zero-order chi connectivity index (χ0) is 14.8. The van der Waals surface area contributed by atoms with E-state index in [-0.39, 0.29) is 10.6 Å². The van der Waals surface area contributed by atoms with Crippen molar-refractivity contribution in [3.63, 3.8) is 0 Å². The van der Waals surface area contributed by atoms with Gasteiger partial charge in [-0.1, -0.05) is 18.7 Å². The molecule has 1 fully saturated rings. The van der Waals surface area contributed by atoms with Gasteiger partial charge in [-0.25, -0.2) is 4.98 Å². The summed E-state index contributed by atoms with van der Waals surface area (Å²) in [7, 11) is 0. The Hall–Kier alpha value is -1.83. The second kappa shape index (κ2) is 5.88. The van der Waals surface area contributed by atoms with Crippen LogP contribution in [0.4, 0.5) is 11.5 Å². The zero-order valence-electron chi connectivity index (χ0n) is 11.8. The summed E-state index contributed by atoms with van der Waals surface area (Å²) in [5, 5.41) is 12.7. The van der Waals surface area contributed by atoms with Gasteiger partial charge in [0.2, 0.25) is 5.82 Å². The van der Waals surface area contributed by atoms with Gasteiger partial charge < -0.3 is 9.80 Å². The van der Waals surface area contributed by atoms with Gasteiger partial charge in [0.1, 0.15) is 0 Å². The Morgan fingerprint density at radius 1 is 1.33 bits per heavy atom. The molecule has 0 radical (unpaired) electrons. The molecule has 1 saturated heterocycles.